The summed E-state index contributed by atoms with van der Waals surface area (Å²) in [6.07, 6.45) is 0.234. The fourth-order valence-electron chi connectivity index (χ4n) is 4.33. The third-order valence-electron chi connectivity index (χ3n) is 6.03. The molecule has 0 saturated carbocycles. The molecule has 3 rings (SSSR count). The minimum Gasteiger partial charge on any atom is -0.497 e. The Labute approximate surface area is 211 Å². The normalized spacial score (nSPS) is 12.5. The smallest absolute Gasteiger partial charge is 0.262 e. The Kier molecular flexibility index (Phi) is 9.70. The van der Waals surface area contributed by atoms with Gasteiger partial charge < -0.3 is 19.0 Å². The number of ether oxygens (including phenoxy) is 2. The van der Waals surface area contributed by atoms with Crippen molar-refractivity contribution < 1.29 is 19.0 Å². The van der Waals surface area contributed by atoms with Crippen LogP contribution >= 0.6 is 0 Å². The summed E-state index contributed by atoms with van der Waals surface area (Å²) in [6, 6.07) is 28.9. The molecule has 0 aliphatic heterocycles. The van der Waals surface area contributed by atoms with E-state index in [9.17, 15) is 5.11 Å². The molecule has 0 bridgehead atoms. The molecule has 35 heavy (non-hydrogen) atoms. The van der Waals surface area contributed by atoms with E-state index in [1.807, 2.05) is 36.4 Å². The van der Waals surface area contributed by atoms with Crippen molar-refractivity contribution in [1.29, 1.82) is 0 Å². The molecular weight excluding hydrogens is 452 g/mol. The minimum absolute atomic E-state index is 0.154. The zero-order valence-corrected chi connectivity index (χ0v) is 22.2. The molecule has 0 aliphatic rings. The van der Waals surface area contributed by atoms with Gasteiger partial charge in [0.05, 0.1) is 20.3 Å². The molecule has 1 N–H and O–H groups in total. The molecule has 3 aromatic carbocycles. The molecule has 0 unspecified atom stereocenters. The van der Waals surface area contributed by atoms with Crippen molar-refractivity contribution in [3.8, 4) is 17.6 Å². The van der Waals surface area contributed by atoms with Gasteiger partial charge in [0.25, 0.3) is 8.32 Å². The van der Waals surface area contributed by atoms with Crippen LogP contribution in [-0.4, -0.2) is 39.9 Å². The van der Waals surface area contributed by atoms with Gasteiger partial charge in [0.15, 0.2) is 0 Å². The summed E-state index contributed by atoms with van der Waals surface area (Å²) in [6.45, 7) is 7.54. The van der Waals surface area contributed by atoms with Gasteiger partial charge in [0, 0.05) is 6.42 Å². The SMILES string of the molecule is COc1ccc(COCC[C@@H](C#CCO)O[Si](c2ccccc2)(c2ccccc2)C(C)(C)C)cc1. The zero-order valence-electron chi connectivity index (χ0n) is 21.2. The number of hydrogen-bond donors (Lipinski definition) is 1. The average molecular weight is 489 g/mol. The van der Waals surface area contributed by atoms with E-state index >= 15 is 0 Å². The highest BCUT2D eigenvalue weighted by molar-refractivity contribution is 6.99. The van der Waals surface area contributed by atoms with E-state index < -0.39 is 8.32 Å². The summed E-state index contributed by atoms with van der Waals surface area (Å²) >= 11 is 0. The van der Waals surface area contributed by atoms with Gasteiger partial charge in [-0.1, -0.05) is 105 Å². The predicted octanol–water partition coefficient (Wildman–Crippen LogP) is 4.54. The Morgan fingerprint density at radius 2 is 1.43 bits per heavy atom. The number of methoxy groups -OCH3 is 1. The minimum atomic E-state index is -2.75. The second kappa shape index (κ2) is 12.7. The van der Waals surface area contributed by atoms with Crippen LogP contribution in [0.25, 0.3) is 0 Å². The summed E-state index contributed by atoms with van der Waals surface area (Å²) < 4.78 is 18.3. The van der Waals surface area contributed by atoms with Gasteiger partial charge in [-0.15, -0.1) is 0 Å². The van der Waals surface area contributed by atoms with Gasteiger partial charge in [-0.05, 0) is 33.1 Å². The molecule has 1 atom stereocenters. The van der Waals surface area contributed by atoms with Crippen LogP contribution in [0.4, 0.5) is 0 Å². The van der Waals surface area contributed by atoms with E-state index in [2.05, 4.69) is 81.1 Å². The van der Waals surface area contributed by atoms with E-state index in [0.29, 0.717) is 19.6 Å². The molecule has 3 aromatic rings. The summed E-state index contributed by atoms with van der Waals surface area (Å²) in [7, 11) is -1.09. The van der Waals surface area contributed by atoms with Gasteiger partial charge in [0.1, 0.15) is 18.5 Å². The first kappa shape index (κ1) is 26.7. The number of aliphatic hydroxyl groups excluding tert-OH is 1. The summed E-state index contributed by atoms with van der Waals surface area (Å²) in [5, 5.41) is 11.7. The lowest BCUT2D eigenvalue weighted by molar-refractivity contribution is 0.0939. The van der Waals surface area contributed by atoms with Gasteiger partial charge in [-0.3, -0.25) is 0 Å². The lowest BCUT2D eigenvalue weighted by Crippen LogP contribution is -2.67. The molecule has 5 heteroatoms. The van der Waals surface area contributed by atoms with E-state index in [-0.39, 0.29) is 17.7 Å². The Morgan fingerprint density at radius 3 is 1.91 bits per heavy atom. The van der Waals surface area contributed by atoms with Crippen LogP contribution in [0.3, 0.4) is 0 Å². The van der Waals surface area contributed by atoms with Crippen molar-refractivity contribution >= 4 is 18.7 Å². The highest BCUT2D eigenvalue weighted by Gasteiger charge is 2.51. The standard InChI is InChI=1S/C30H36O4Si/c1-30(2,3)35(28-13-7-5-8-14-28,29-15-9-6-10-16-29)34-27(12-11-22-31)21-23-33-24-25-17-19-26(32-4)20-18-25/h5-10,13-20,27,31H,21-24H2,1-4H3/t27-/m1/s1. The lowest BCUT2D eigenvalue weighted by atomic mass is 10.2. The van der Waals surface area contributed by atoms with Crippen LogP contribution in [0.15, 0.2) is 84.9 Å². The Bertz CT molecular complexity index is 1040. The molecule has 0 fully saturated rings. The molecule has 0 radical (unpaired) electrons. The van der Waals surface area contributed by atoms with Crippen LogP contribution in [0.1, 0.15) is 32.8 Å². The van der Waals surface area contributed by atoms with Gasteiger partial charge in [-0.25, -0.2) is 0 Å². The van der Waals surface area contributed by atoms with Crippen LogP contribution in [0.2, 0.25) is 5.04 Å². The van der Waals surface area contributed by atoms with Crippen LogP contribution in [-0.2, 0) is 15.8 Å². The second-order valence-corrected chi connectivity index (χ2v) is 13.7. The first-order chi connectivity index (χ1) is 16.9. The number of rotatable bonds is 10. The molecule has 0 aromatic heterocycles. The summed E-state index contributed by atoms with van der Waals surface area (Å²) in [5.74, 6) is 6.82. The van der Waals surface area contributed by atoms with Gasteiger partial charge in [0.2, 0.25) is 0 Å². The van der Waals surface area contributed by atoms with E-state index in [1.54, 1.807) is 7.11 Å². The molecule has 0 amide bonds. The fraction of sp³-hybridized carbons (Fsp3) is 0.333. The van der Waals surface area contributed by atoms with Crippen molar-refractivity contribution in [2.75, 3.05) is 20.3 Å². The predicted molar refractivity (Wildman–Crippen MR) is 145 cm³/mol. The van der Waals surface area contributed by atoms with Gasteiger partial charge >= 0.3 is 0 Å². The quantitative estimate of drug-likeness (QED) is 0.259. The second-order valence-electron chi connectivity index (χ2n) is 9.44. The van der Waals surface area contributed by atoms with Crippen LogP contribution in [0.5, 0.6) is 5.75 Å². The number of aliphatic hydroxyl groups is 1. The third-order valence-corrected chi connectivity index (χ3v) is 11.1. The molecule has 184 valence electrons. The number of hydrogen-bond acceptors (Lipinski definition) is 4. The molecule has 0 aliphatic carbocycles. The van der Waals surface area contributed by atoms with Crippen molar-refractivity contribution in [2.45, 2.75) is 44.9 Å². The fourth-order valence-corrected chi connectivity index (χ4v) is 8.95. The monoisotopic (exact) mass is 488 g/mol. The maximum absolute atomic E-state index is 9.41. The van der Waals surface area contributed by atoms with Crippen molar-refractivity contribution in [1.82, 2.24) is 0 Å². The molecule has 0 spiro atoms. The maximum atomic E-state index is 9.41. The Balaban J connectivity index is 1.85. The van der Waals surface area contributed by atoms with Crippen molar-refractivity contribution in [2.24, 2.45) is 0 Å². The largest absolute Gasteiger partial charge is 0.497 e. The molecule has 0 saturated heterocycles. The third kappa shape index (κ3) is 6.84. The summed E-state index contributed by atoms with van der Waals surface area (Å²) in [4.78, 5) is 0. The van der Waals surface area contributed by atoms with Crippen LogP contribution in [0, 0.1) is 11.8 Å². The molecule has 0 heterocycles. The first-order valence-corrected chi connectivity index (χ1v) is 13.9. The van der Waals surface area contributed by atoms with Gasteiger partial charge in [-0.2, -0.15) is 0 Å². The first-order valence-electron chi connectivity index (χ1n) is 12.0. The van der Waals surface area contributed by atoms with Crippen LogP contribution < -0.4 is 15.1 Å². The van der Waals surface area contributed by atoms with Crippen molar-refractivity contribution in [3.63, 3.8) is 0 Å². The summed E-state index contributed by atoms with van der Waals surface area (Å²) in [5.41, 5.74) is 1.08. The average Bonchev–Trinajstić information content (AvgIpc) is 2.88. The highest BCUT2D eigenvalue weighted by Crippen LogP contribution is 2.37. The maximum Gasteiger partial charge on any atom is 0.262 e. The Morgan fingerprint density at radius 1 is 0.857 bits per heavy atom. The zero-order chi connectivity index (χ0) is 25.2. The Hall–Kier alpha value is -2.88. The topological polar surface area (TPSA) is 47.9 Å². The molecular formula is C30H36O4Si. The molecule has 4 nitrogen and oxygen atoms in total. The van der Waals surface area contributed by atoms with Crippen molar-refractivity contribution in [3.05, 3.63) is 90.5 Å². The van der Waals surface area contributed by atoms with E-state index in [0.717, 1.165) is 11.3 Å². The lowest BCUT2D eigenvalue weighted by Gasteiger charge is -2.44. The number of benzene rings is 3. The van der Waals surface area contributed by atoms with E-state index in [1.165, 1.54) is 10.4 Å². The highest BCUT2D eigenvalue weighted by atomic mass is 28.4. The van der Waals surface area contributed by atoms with E-state index in [4.69, 9.17) is 13.9 Å².